The zero-order valence-corrected chi connectivity index (χ0v) is 26.4. The first-order valence-electron chi connectivity index (χ1n) is 13.5. The average Bonchev–Trinajstić information content (AvgIpc) is 3.29. The van der Waals surface area contributed by atoms with Crippen molar-refractivity contribution in [2.24, 2.45) is 4.99 Å². The molecule has 0 bridgehead atoms. The number of aromatic amines is 1. The van der Waals surface area contributed by atoms with Gasteiger partial charge >= 0.3 is 8.60 Å². The molecule has 43 heavy (non-hydrogen) atoms. The predicted octanol–water partition coefficient (Wildman–Crippen LogP) is 5.58. The molecule has 2 N–H and O–H groups in total. The van der Waals surface area contributed by atoms with Gasteiger partial charge in [-0.2, -0.15) is 0 Å². The van der Waals surface area contributed by atoms with E-state index in [-0.39, 0.29) is 18.3 Å². The van der Waals surface area contributed by atoms with E-state index < -0.39 is 18.6 Å². The third-order valence-corrected chi connectivity index (χ3v) is 8.68. The Morgan fingerprint density at radius 1 is 0.977 bits per heavy atom. The number of benzene rings is 3. The molecule has 0 aliphatic heterocycles. The standard InChI is InChI=1S/C30H35N4O7PS/c1-6-39-42(40-7-2)41-24-17-18-26-25(19-24)28(30(36)32-26)29(21-11-9-8-10-12-21)31-22-13-15-23(16-14-22)34(43(5,37)38)20-27(35)33(3)4/h8-19,32,36H,6-7,20H2,1-5H3. The maximum Gasteiger partial charge on any atom is 0.397 e. The Labute approximate surface area is 252 Å². The quantitative estimate of drug-likeness (QED) is 0.146. The second kappa shape index (κ2) is 14.0. The van der Waals surface area contributed by atoms with Gasteiger partial charge in [0.1, 0.15) is 12.3 Å². The number of nitrogens with zero attached hydrogens (tertiary/aromatic N) is 3. The maximum absolute atomic E-state index is 12.5. The van der Waals surface area contributed by atoms with Crippen LogP contribution in [-0.2, 0) is 23.9 Å². The first-order chi connectivity index (χ1) is 20.5. The van der Waals surface area contributed by atoms with Crippen molar-refractivity contribution in [3.63, 3.8) is 0 Å². The van der Waals surface area contributed by atoms with Gasteiger partial charge in [-0.25, -0.2) is 13.4 Å². The molecule has 4 rings (SSSR count). The van der Waals surface area contributed by atoms with E-state index in [0.29, 0.717) is 52.5 Å². The molecule has 3 aromatic carbocycles. The van der Waals surface area contributed by atoms with Crippen molar-refractivity contribution in [3.8, 4) is 11.6 Å². The number of hydrogen-bond acceptors (Lipinski definition) is 8. The molecule has 0 radical (unpaired) electrons. The van der Waals surface area contributed by atoms with E-state index in [4.69, 9.17) is 18.6 Å². The summed E-state index contributed by atoms with van der Waals surface area (Å²) in [4.78, 5) is 21.6. The van der Waals surface area contributed by atoms with Crippen LogP contribution in [0.25, 0.3) is 10.9 Å². The van der Waals surface area contributed by atoms with Gasteiger partial charge in [-0.15, -0.1) is 0 Å². The van der Waals surface area contributed by atoms with Crippen LogP contribution in [0.15, 0.2) is 77.8 Å². The van der Waals surface area contributed by atoms with E-state index in [9.17, 15) is 18.3 Å². The van der Waals surface area contributed by atoms with Crippen LogP contribution in [0.2, 0.25) is 0 Å². The van der Waals surface area contributed by atoms with Crippen LogP contribution < -0.4 is 8.83 Å². The summed E-state index contributed by atoms with van der Waals surface area (Å²) in [6, 6.07) is 21.3. The Balaban J connectivity index is 1.78. The molecule has 0 saturated heterocycles. The van der Waals surface area contributed by atoms with Gasteiger partial charge in [-0.05, 0) is 56.3 Å². The van der Waals surface area contributed by atoms with Crippen LogP contribution in [0.4, 0.5) is 11.4 Å². The number of anilines is 1. The summed E-state index contributed by atoms with van der Waals surface area (Å²) in [7, 11) is -2.19. The fourth-order valence-electron chi connectivity index (χ4n) is 4.19. The van der Waals surface area contributed by atoms with Crippen molar-refractivity contribution < 1.29 is 31.9 Å². The molecule has 228 valence electrons. The van der Waals surface area contributed by atoms with Gasteiger partial charge in [0.05, 0.1) is 42.1 Å². The van der Waals surface area contributed by atoms with Crippen LogP contribution in [0.5, 0.6) is 11.6 Å². The molecule has 0 aliphatic carbocycles. The van der Waals surface area contributed by atoms with Crippen molar-refractivity contribution in [1.29, 1.82) is 0 Å². The number of carbonyl (C=O) groups is 1. The van der Waals surface area contributed by atoms with Gasteiger partial charge in [-0.1, -0.05) is 30.3 Å². The van der Waals surface area contributed by atoms with Crippen molar-refractivity contribution in [3.05, 3.63) is 83.9 Å². The number of hydrogen-bond donors (Lipinski definition) is 2. The Kier molecular flexibility index (Phi) is 10.4. The smallest absolute Gasteiger partial charge is 0.397 e. The second-order valence-corrected chi connectivity index (χ2v) is 12.7. The minimum absolute atomic E-state index is 0.0753. The molecule has 13 heteroatoms. The Morgan fingerprint density at radius 2 is 1.63 bits per heavy atom. The zero-order valence-electron chi connectivity index (χ0n) is 24.6. The van der Waals surface area contributed by atoms with Crippen molar-refractivity contribution in [2.75, 3.05) is 44.4 Å². The van der Waals surface area contributed by atoms with E-state index in [1.165, 1.54) is 4.90 Å². The number of rotatable bonds is 13. The van der Waals surface area contributed by atoms with Gasteiger partial charge in [0.15, 0.2) is 5.88 Å². The first-order valence-corrected chi connectivity index (χ1v) is 16.5. The van der Waals surface area contributed by atoms with Gasteiger partial charge in [0, 0.05) is 30.6 Å². The SMILES string of the molecule is CCOP(OCC)Oc1ccc2[nH]c(O)c(C(=Nc3ccc(N(CC(=O)N(C)C)S(C)(=O)=O)cc3)c3ccccc3)c2c1. The summed E-state index contributed by atoms with van der Waals surface area (Å²) in [5.41, 5.74) is 3.19. The van der Waals surface area contributed by atoms with Crippen LogP contribution in [0.1, 0.15) is 25.0 Å². The molecule has 0 fully saturated rings. The van der Waals surface area contributed by atoms with E-state index in [1.807, 2.05) is 44.2 Å². The fourth-order valence-corrected chi connectivity index (χ4v) is 5.92. The first kappa shape index (κ1) is 32.0. The van der Waals surface area contributed by atoms with Gasteiger partial charge in [0.2, 0.25) is 15.9 Å². The molecule has 0 unspecified atom stereocenters. The lowest BCUT2D eigenvalue weighted by Crippen LogP contribution is -2.39. The Hall–Kier alpha value is -3.96. The summed E-state index contributed by atoms with van der Waals surface area (Å²) in [6.07, 6.45) is 1.05. The molecule has 1 amide bonds. The summed E-state index contributed by atoms with van der Waals surface area (Å²) in [5.74, 6) is 0.0755. The monoisotopic (exact) mass is 626 g/mol. The van der Waals surface area contributed by atoms with E-state index in [1.54, 1.807) is 56.6 Å². The molecule has 0 aliphatic rings. The van der Waals surface area contributed by atoms with Gasteiger partial charge in [0.25, 0.3) is 0 Å². The molecular weight excluding hydrogens is 591 g/mol. The molecule has 1 heterocycles. The maximum atomic E-state index is 12.5. The number of carbonyl (C=O) groups excluding carboxylic acids is 1. The number of amides is 1. The van der Waals surface area contributed by atoms with E-state index in [0.717, 1.165) is 16.1 Å². The number of likely N-dealkylation sites (N-methyl/N-ethyl adjacent to an activating group) is 1. The lowest BCUT2D eigenvalue weighted by molar-refractivity contribution is -0.127. The highest BCUT2D eigenvalue weighted by atomic mass is 32.2. The Morgan fingerprint density at radius 3 is 2.21 bits per heavy atom. The summed E-state index contributed by atoms with van der Waals surface area (Å²) >= 11 is 0. The van der Waals surface area contributed by atoms with Gasteiger partial charge < -0.3 is 28.6 Å². The highest BCUT2D eigenvalue weighted by Gasteiger charge is 2.23. The number of aromatic nitrogens is 1. The molecule has 1 aromatic heterocycles. The minimum Gasteiger partial charge on any atom is -0.494 e. The average molecular weight is 627 g/mol. The molecule has 0 saturated carbocycles. The van der Waals surface area contributed by atoms with Crippen LogP contribution >= 0.6 is 8.60 Å². The van der Waals surface area contributed by atoms with Crippen LogP contribution in [0, 0.1) is 0 Å². The number of H-pyrrole nitrogens is 1. The van der Waals surface area contributed by atoms with Crippen LogP contribution in [0.3, 0.4) is 0 Å². The number of nitrogens with one attached hydrogen (secondary N) is 1. The molecule has 0 spiro atoms. The molecular formula is C30H35N4O7PS. The molecule has 4 aromatic rings. The molecule has 11 nitrogen and oxygen atoms in total. The topological polar surface area (TPSA) is 134 Å². The van der Waals surface area contributed by atoms with Crippen molar-refractivity contribution >= 4 is 52.5 Å². The predicted molar refractivity (Wildman–Crippen MR) is 170 cm³/mol. The summed E-state index contributed by atoms with van der Waals surface area (Å²) in [5, 5.41) is 11.8. The van der Waals surface area contributed by atoms with Gasteiger partial charge in [-0.3, -0.25) is 9.10 Å². The zero-order chi connectivity index (χ0) is 31.1. The third-order valence-electron chi connectivity index (χ3n) is 6.24. The number of sulfonamides is 1. The highest BCUT2D eigenvalue weighted by Crippen LogP contribution is 2.42. The van der Waals surface area contributed by atoms with Crippen LogP contribution in [-0.4, -0.2) is 75.1 Å². The third kappa shape index (κ3) is 7.91. The van der Waals surface area contributed by atoms with E-state index in [2.05, 4.69) is 4.98 Å². The van der Waals surface area contributed by atoms with Crippen molar-refractivity contribution in [2.45, 2.75) is 13.8 Å². The Bertz CT molecular complexity index is 1690. The molecule has 0 atom stereocenters. The van der Waals surface area contributed by atoms with E-state index >= 15 is 0 Å². The minimum atomic E-state index is -3.73. The second-order valence-electron chi connectivity index (χ2n) is 9.61. The van der Waals surface area contributed by atoms with Crippen molar-refractivity contribution in [1.82, 2.24) is 9.88 Å². The summed E-state index contributed by atoms with van der Waals surface area (Å²) in [6.45, 7) is 4.26. The largest absolute Gasteiger partial charge is 0.494 e. The lowest BCUT2D eigenvalue weighted by atomic mass is 10.0. The fraction of sp³-hybridized carbons (Fsp3) is 0.267. The highest BCUT2D eigenvalue weighted by molar-refractivity contribution is 7.92. The normalized spacial score (nSPS) is 12.1. The number of aliphatic imine (C=N–C) groups is 1. The lowest BCUT2D eigenvalue weighted by Gasteiger charge is -2.23. The number of fused-ring (bicyclic) bond motifs is 1. The number of aromatic hydroxyl groups is 1. The summed E-state index contributed by atoms with van der Waals surface area (Å²) < 4.78 is 43.2.